The van der Waals surface area contributed by atoms with Gasteiger partial charge in [0.25, 0.3) is 0 Å². The third-order valence-corrected chi connectivity index (χ3v) is 5.66. The Morgan fingerprint density at radius 1 is 1.06 bits per heavy atom. The average Bonchev–Trinajstić information content (AvgIpc) is 3.20. The van der Waals surface area contributed by atoms with Gasteiger partial charge in [-0.1, -0.05) is 42.0 Å². The molecule has 0 fully saturated rings. The summed E-state index contributed by atoms with van der Waals surface area (Å²) in [4.78, 5) is 31.6. The average molecular weight is 415 g/mol. The lowest BCUT2D eigenvalue weighted by atomic mass is 10.1. The normalized spacial score (nSPS) is 13.4. The topological polar surface area (TPSA) is 74.3 Å². The number of amides is 2. The molecule has 2 heterocycles. The molecule has 1 atom stereocenters. The Morgan fingerprint density at radius 2 is 1.90 bits per heavy atom. The summed E-state index contributed by atoms with van der Waals surface area (Å²) in [6.07, 6.45) is 4.50. The lowest BCUT2D eigenvalue weighted by Gasteiger charge is -2.30. The zero-order chi connectivity index (χ0) is 21.8. The quantitative estimate of drug-likeness (QED) is 0.626. The second-order valence-corrected chi connectivity index (χ2v) is 7.86. The summed E-state index contributed by atoms with van der Waals surface area (Å²) in [5.74, 6) is -1.32. The number of pyridine rings is 1. The molecular weight excluding hydrogens is 388 g/mol. The molecule has 2 amide bonds. The van der Waals surface area contributed by atoms with E-state index < -0.39 is 11.8 Å². The van der Waals surface area contributed by atoms with Gasteiger partial charge in [0.1, 0.15) is 0 Å². The molecule has 2 aromatic carbocycles. The molecule has 1 aliphatic rings. The summed E-state index contributed by atoms with van der Waals surface area (Å²) < 4.78 is 0. The van der Waals surface area contributed by atoms with Gasteiger partial charge in [-0.3, -0.25) is 14.6 Å². The number of aryl methyl sites for hydroxylation is 2. The fraction of sp³-hybridized carbons (Fsp3) is 0.240. The van der Waals surface area contributed by atoms with E-state index in [0.29, 0.717) is 12.2 Å². The van der Waals surface area contributed by atoms with E-state index in [1.54, 1.807) is 6.20 Å². The number of nitrogens with one attached hydrogen (secondary N) is 2. The highest BCUT2D eigenvalue weighted by Crippen LogP contribution is 2.34. The second-order valence-electron chi connectivity index (χ2n) is 7.86. The fourth-order valence-corrected chi connectivity index (χ4v) is 4.07. The first-order valence-electron chi connectivity index (χ1n) is 10.4. The second kappa shape index (κ2) is 9.00. The van der Waals surface area contributed by atoms with Crippen molar-refractivity contribution in [2.75, 3.05) is 23.3 Å². The maximum Gasteiger partial charge on any atom is 0.313 e. The van der Waals surface area contributed by atoms with Crippen LogP contribution in [0.5, 0.6) is 0 Å². The summed E-state index contributed by atoms with van der Waals surface area (Å²) in [6.45, 7) is 5.05. The molecule has 0 unspecified atom stereocenters. The van der Waals surface area contributed by atoms with E-state index in [-0.39, 0.29) is 6.04 Å². The molecule has 3 aromatic rings. The third-order valence-electron chi connectivity index (χ3n) is 5.66. The lowest BCUT2D eigenvalue weighted by Crippen LogP contribution is -2.42. The van der Waals surface area contributed by atoms with E-state index in [2.05, 4.69) is 32.7 Å². The number of aromatic nitrogens is 1. The highest BCUT2D eigenvalue weighted by Gasteiger charge is 2.28. The minimum atomic E-state index is -0.668. The number of rotatable bonds is 5. The zero-order valence-electron chi connectivity index (χ0n) is 17.8. The number of carbonyl (C=O) groups is 2. The molecule has 6 heteroatoms. The molecule has 31 heavy (non-hydrogen) atoms. The molecule has 2 N–H and O–H groups in total. The predicted octanol–water partition coefficient (Wildman–Crippen LogP) is 3.56. The Morgan fingerprint density at radius 3 is 2.68 bits per heavy atom. The fourth-order valence-electron chi connectivity index (χ4n) is 4.07. The maximum atomic E-state index is 12.6. The Balaban J connectivity index is 1.48. The molecular formula is C25H26N4O2. The number of benzene rings is 2. The number of nitrogens with zero attached hydrogens (tertiary/aromatic N) is 2. The Hall–Kier alpha value is -3.67. The van der Waals surface area contributed by atoms with Gasteiger partial charge in [-0.15, -0.1) is 0 Å². The number of anilines is 2. The van der Waals surface area contributed by atoms with Crippen LogP contribution in [0.4, 0.5) is 11.4 Å². The van der Waals surface area contributed by atoms with Crippen molar-refractivity contribution in [3.8, 4) is 0 Å². The lowest BCUT2D eigenvalue weighted by molar-refractivity contribution is -0.136. The molecule has 0 saturated carbocycles. The monoisotopic (exact) mass is 414 g/mol. The van der Waals surface area contributed by atoms with E-state index in [4.69, 9.17) is 0 Å². The first kappa shape index (κ1) is 20.6. The van der Waals surface area contributed by atoms with Crippen LogP contribution in [0.15, 0.2) is 67.0 Å². The van der Waals surface area contributed by atoms with Crippen molar-refractivity contribution < 1.29 is 9.59 Å². The summed E-state index contributed by atoms with van der Waals surface area (Å²) in [6, 6.07) is 17.8. The van der Waals surface area contributed by atoms with Crippen LogP contribution >= 0.6 is 0 Å². The van der Waals surface area contributed by atoms with Gasteiger partial charge in [0.05, 0.1) is 6.04 Å². The van der Waals surface area contributed by atoms with Gasteiger partial charge >= 0.3 is 11.8 Å². The molecule has 4 rings (SSSR count). The number of hydrogen-bond donors (Lipinski definition) is 2. The minimum absolute atomic E-state index is 0.116. The first-order chi connectivity index (χ1) is 15.0. The molecule has 0 bridgehead atoms. The standard InChI is InChI=1S/C25H26N4O2/c1-17-9-10-21(18(2)14-17)28-25(31)24(30)27-16-23(20-7-5-12-26-15-20)29-13-11-19-6-3-4-8-22(19)29/h3-10,12,14-15,23H,11,13,16H2,1-2H3,(H,27,30)(H,28,31)/t23-/m1/s1. The summed E-state index contributed by atoms with van der Waals surface area (Å²) >= 11 is 0. The summed E-state index contributed by atoms with van der Waals surface area (Å²) in [5, 5.41) is 5.53. The van der Waals surface area contributed by atoms with Crippen LogP contribution in [-0.4, -0.2) is 29.9 Å². The highest BCUT2D eigenvalue weighted by atomic mass is 16.2. The molecule has 1 aliphatic heterocycles. The molecule has 6 nitrogen and oxygen atoms in total. The number of hydrogen-bond acceptors (Lipinski definition) is 4. The molecule has 0 spiro atoms. The maximum absolute atomic E-state index is 12.6. The van der Waals surface area contributed by atoms with Crippen LogP contribution < -0.4 is 15.5 Å². The van der Waals surface area contributed by atoms with Crippen LogP contribution in [-0.2, 0) is 16.0 Å². The van der Waals surface area contributed by atoms with Crippen molar-refractivity contribution in [2.24, 2.45) is 0 Å². The first-order valence-corrected chi connectivity index (χ1v) is 10.4. The van der Waals surface area contributed by atoms with E-state index >= 15 is 0 Å². The van der Waals surface area contributed by atoms with Gasteiger partial charge in [-0.2, -0.15) is 0 Å². The Labute approximate surface area is 182 Å². The van der Waals surface area contributed by atoms with Crippen molar-refractivity contribution in [2.45, 2.75) is 26.3 Å². The molecule has 0 aliphatic carbocycles. The Bertz CT molecular complexity index is 1100. The van der Waals surface area contributed by atoms with E-state index in [0.717, 1.165) is 35.3 Å². The molecule has 0 saturated heterocycles. The molecule has 1 aromatic heterocycles. The van der Waals surface area contributed by atoms with Crippen molar-refractivity contribution in [3.05, 3.63) is 89.2 Å². The van der Waals surface area contributed by atoms with Gasteiger partial charge in [-0.05, 0) is 55.2 Å². The van der Waals surface area contributed by atoms with E-state index in [1.165, 1.54) is 5.56 Å². The van der Waals surface area contributed by atoms with Crippen LogP contribution in [0, 0.1) is 13.8 Å². The van der Waals surface area contributed by atoms with Crippen LogP contribution in [0.1, 0.15) is 28.3 Å². The predicted molar refractivity (Wildman–Crippen MR) is 122 cm³/mol. The Kier molecular flexibility index (Phi) is 5.98. The van der Waals surface area contributed by atoms with Crippen LogP contribution in [0.3, 0.4) is 0 Å². The minimum Gasteiger partial charge on any atom is -0.362 e. The number of fused-ring (bicyclic) bond motifs is 1. The largest absolute Gasteiger partial charge is 0.362 e. The van der Waals surface area contributed by atoms with Gasteiger partial charge in [0, 0.05) is 36.9 Å². The zero-order valence-corrected chi connectivity index (χ0v) is 17.8. The van der Waals surface area contributed by atoms with Crippen LogP contribution in [0.2, 0.25) is 0 Å². The smallest absolute Gasteiger partial charge is 0.313 e. The van der Waals surface area contributed by atoms with Crippen molar-refractivity contribution in [1.29, 1.82) is 0 Å². The SMILES string of the molecule is Cc1ccc(NC(=O)C(=O)NC[C@H](c2cccnc2)N2CCc3ccccc32)c(C)c1. The highest BCUT2D eigenvalue weighted by molar-refractivity contribution is 6.39. The summed E-state index contributed by atoms with van der Waals surface area (Å²) in [7, 11) is 0. The molecule has 158 valence electrons. The van der Waals surface area contributed by atoms with Gasteiger partial charge in [0.2, 0.25) is 0 Å². The van der Waals surface area contributed by atoms with Crippen molar-refractivity contribution in [3.63, 3.8) is 0 Å². The third kappa shape index (κ3) is 4.58. The summed E-state index contributed by atoms with van der Waals surface area (Å²) in [5.41, 5.74) is 6.10. The van der Waals surface area contributed by atoms with Gasteiger partial charge in [0.15, 0.2) is 0 Å². The van der Waals surface area contributed by atoms with Crippen LogP contribution in [0.25, 0.3) is 0 Å². The molecule has 0 radical (unpaired) electrons. The van der Waals surface area contributed by atoms with Crippen molar-refractivity contribution in [1.82, 2.24) is 10.3 Å². The van der Waals surface area contributed by atoms with Gasteiger partial charge < -0.3 is 15.5 Å². The number of para-hydroxylation sites is 1. The van der Waals surface area contributed by atoms with Gasteiger partial charge in [-0.25, -0.2) is 0 Å². The van der Waals surface area contributed by atoms with Crippen molar-refractivity contribution >= 4 is 23.2 Å². The van der Waals surface area contributed by atoms with E-state index in [9.17, 15) is 9.59 Å². The van der Waals surface area contributed by atoms with E-state index in [1.807, 2.05) is 62.5 Å². The number of carbonyl (C=O) groups excluding carboxylic acids is 2.